The fraction of sp³-hybridized carbons (Fsp3) is 0.300. The van der Waals surface area contributed by atoms with Crippen LogP contribution in [0.3, 0.4) is 0 Å². The molecule has 1 unspecified atom stereocenters. The number of carboxylic acid groups (broad SMARTS) is 1. The molecule has 0 heterocycles. The third-order valence-corrected chi connectivity index (χ3v) is 6.87. The molecule has 3 N–H and O–H groups in total. The van der Waals surface area contributed by atoms with Gasteiger partial charge in [-0.05, 0) is 28.7 Å². The van der Waals surface area contributed by atoms with Crippen LogP contribution >= 0.6 is 0 Å². The monoisotopic (exact) mass is 548 g/mol. The number of hydrogen-bond acceptors (Lipinski definition) is 7. The van der Waals surface area contributed by atoms with Crippen molar-refractivity contribution >= 4 is 18.0 Å². The molecule has 1 aliphatic rings. The third kappa shape index (κ3) is 6.28. The molecule has 10 nitrogen and oxygen atoms in total. The van der Waals surface area contributed by atoms with Gasteiger partial charge in [0.2, 0.25) is 5.91 Å². The van der Waals surface area contributed by atoms with Gasteiger partial charge in [0.1, 0.15) is 29.9 Å². The number of carbonyl (C=O) groups excluding carboxylic acids is 2. The van der Waals surface area contributed by atoms with Crippen LogP contribution < -0.4 is 24.8 Å². The fourth-order valence-electron chi connectivity index (χ4n) is 4.84. The highest BCUT2D eigenvalue weighted by Crippen LogP contribution is 2.44. The van der Waals surface area contributed by atoms with E-state index >= 15 is 0 Å². The maximum atomic E-state index is 12.6. The predicted molar refractivity (Wildman–Crippen MR) is 147 cm³/mol. The Morgan fingerprint density at radius 2 is 1.45 bits per heavy atom. The van der Waals surface area contributed by atoms with Crippen molar-refractivity contribution in [3.8, 4) is 28.4 Å². The van der Waals surface area contributed by atoms with Gasteiger partial charge in [-0.3, -0.25) is 4.79 Å². The molecule has 4 rings (SSSR count). The summed E-state index contributed by atoms with van der Waals surface area (Å²) in [4.78, 5) is 36.9. The largest absolute Gasteiger partial charge is 0.496 e. The van der Waals surface area contributed by atoms with Crippen LogP contribution in [0.1, 0.15) is 35.4 Å². The number of amides is 2. The summed E-state index contributed by atoms with van der Waals surface area (Å²) in [5.74, 6) is -0.347. The number of rotatable bonds is 12. The molecule has 0 saturated carbocycles. The molecular formula is C30H32N2O8. The number of alkyl carbamates (subject to hydrolysis) is 1. The number of nitrogens with one attached hydrogen (secondary N) is 2. The highest BCUT2D eigenvalue weighted by atomic mass is 16.5. The quantitative estimate of drug-likeness (QED) is 0.308. The Kier molecular flexibility index (Phi) is 9.11. The lowest BCUT2D eigenvalue weighted by Gasteiger charge is -2.18. The maximum absolute atomic E-state index is 12.6. The molecule has 0 bridgehead atoms. The first-order chi connectivity index (χ1) is 19.4. The zero-order chi connectivity index (χ0) is 28.6. The van der Waals surface area contributed by atoms with Gasteiger partial charge in [-0.2, -0.15) is 0 Å². The van der Waals surface area contributed by atoms with Crippen molar-refractivity contribution in [1.82, 2.24) is 10.6 Å². The maximum Gasteiger partial charge on any atom is 0.407 e. The van der Waals surface area contributed by atoms with Crippen LogP contribution in [0.5, 0.6) is 17.2 Å². The number of ether oxygens (including phenoxy) is 4. The molecule has 3 aromatic carbocycles. The van der Waals surface area contributed by atoms with Gasteiger partial charge < -0.3 is 34.7 Å². The molecule has 1 aliphatic carbocycles. The Hall–Kier alpha value is -4.73. The predicted octanol–water partition coefficient (Wildman–Crippen LogP) is 4.10. The van der Waals surface area contributed by atoms with E-state index in [0.29, 0.717) is 22.8 Å². The lowest BCUT2D eigenvalue weighted by molar-refractivity contribution is -0.139. The van der Waals surface area contributed by atoms with Crippen molar-refractivity contribution in [3.05, 3.63) is 77.4 Å². The zero-order valence-electron chi connectivity index (χ0n) is 22.6. The van der Waals surface area contributed by atoms with E-state index in [1.54, 1.807) is 12.1 Å². The summed E-state index contributed by atoms with van der Waals surface area (Å²) < 4.78 is 21.4. The van der Waals surface area contributed by atoms with Crippen molar-refractivity contribution in [2.24, 2.45) is 0 Å². The number of fused-ring (bicyclic) bond motifs is 3. The van der Waals surface area contributed by atoms with Crippen molar-refractivity contribution in [2.45, 2.75) is 31.3 Å². The normalized spacial score (nSPS) is 12.5. The lowest BCUT2D eigenvalue weighted by Crippen LogP contribution is -2.42. The molecule has 10 heteroatoms. The summed E-state index contributed by atoms with van der Waals surface area (Å²) in [6.07, 6.45) is -1.12. The van der Waals surface area contributed by atoms with Gasteiger partial charge in [0.05, 0.1) is 33.4 Å². The number of hydrogen-bond donors (Lipinski definition) is 3. The molecule has 0 aliphatic heterocycles. The summed E-state index contributed by atoms with van der Waals surface area (Å²) >= 11 is 0. The smallest absolute Gasteiger partial charge is 0.407 e. The number of methoxy groups -OCH3 is 3. The Bertz CT molecular complexity index is 1320. The Balaban J connectivity index is 1.31. The van der Waals surface area contributed by atoms with Crippen molar-refractivity contribution in [2.75, 3.05) is 27.9 Å². The van der Waals surface area contributed by atoms with E-state index in [4.69, 9.17) is 18.9 Å². The van der Waals surface area contributed by atoms with Gasteiger partial charge in [0.15, 0.2) is 0 Å². The van der Waals surface area contributed by atoms with Crippen LogP contribution in [-0.4, -0.2) is 57.1 Å². The van der Waals surface area contributed by atoms with Crippen LogP contribution in [0.2, 0.25) is 0 Å². The summed E-state index contributed by atoms with van der Waals surface area (Å²) in [7, 11) is 4.50. The van der Waals surface area contributed by atoms with E-state index in [9.17, 15) is 19.5 Å². The summed E-state index contributed by atoms with van der Waals surface area (Å²) in [6, 6.07) is 17.9. The van der Waals surface area contributed by atoms with Crippen LogP contribution in [0.4, 0.5) is 4.79 Å². The average Bonchev–Trinajstić information content (AvgIpc) is 3.29. The van der Waals surface area contributed by atoms with Crippen LogP contribution in [-0.2, 0) is 20.9 Å². The summed E-state index contributed by atoms with van der Waals surface area (Å²) in [5, 5.41) is 14.7. The summed E-state index contributed by atoms with van der Waals surface area (Å²) in [5.41, 5.74) is 4.88. The van der Waals surface area contributed by atoms with E-state index in [2.05, 4.69) is 10.6 Å². The van der Waals surface area contributed by atoms with E-state index in [0.717, 1.165) is 22.3 Å². The highest BCUT2D eigenvalue weighted by Gasteiger charge is 2.30. The molecule has 3 aromatic rings. The first kappa shape index (κ1) is 28.3. The van der Waals surface area contributed by atoms with Gasteiger partial charge in [0.25, 0.3) is 0 Å². The van der Waals surface area contributed by atoms with Crippen LogP contribution in [0.25, 0.3) is 11.1 Å². The molecule has 0 aromatic heterocycles. The zero-order valence-corrected chi connectivity index (χ0v) is 22.6. The Morgan fingerprint density at radius 1 is 0.875 bits per heavy atom. The second-order valence-electron chi connectivity index (χ2n) is 9.19. The SMILES string of the molecule is COc1cc(OC)c(CNC(=O)CCC(NC(=O)OCC2c3ccccc3-c3ccccc32)C(=O)O)c(OC)c1. The molecule has 1 atom stereocenters. The van der Waals surface area contributed by atoms with Crippen LogP contribution in [0.15, 0.2) is 60.7 Å². The highest BCUT2D eigenvalue weighted by molar-refractivity contribution is 5.82. The van der Waals surface area contributed by atoms with Gasteiger partial charge in [-0.1, -0.05) is 48.5 Å². The number of carbonyl (C=O) groups is 3. The molecule has 0 saturated heterocycles. The molecule has 0 spiro atoms. The van der Waals surface area contributed by atoms with E-state index in [1.165, 1.54) is 21.3 Å². The molecule has 210 valence electrons. The molecule has 2 amide bonds. The van der Waals surface area contributed by atoms with Gasteiger partial charge in [0, 0.05) is 24.5 Å². The lowest BCUT2D eigenvalue weighted by atomic mass is 9.98. The first-order valence-corrected chi connectivity index (χ1v) is 12.8. The second kappa shape index (κ2) is 12.9. The first-order valence-electron chi connectivity index (χ1n) is 12.8. The molecule has 0 radical (unpaired) electrons. The third-order valence-electron chi connectivity index (χ3n) is 6.87. The topological polar surface area (TPSA) is 132 Å². The minimum Gasteiger partial charge on any atom is -0.496 e. The standard InChI is InChI=1S/C30H32N2O8/c1-37-18-14-26(38-2)23(27(15-18)39-3)16-31-28(33)13-12-25(29(34)35)32-30(36)40-17-24-21-10-6-4-8-19(21)20-9-5-7-11-22(20)24/h4-11,14-15,24-25H,12-13,16-17H2,1-3H3,(H,31,33)(H,32,36)(H,34,35). The van der Waals surface area contributed by atoms with E-state index in [-0.39, 0.29) is 31.9 Å². The van der Waals surface area contributed by atoms with Crippen molar-refractivity contribution < 1.29 is 38.4 Å². The molecule has 40 heavy (non-hydrogen) atoms. The minimum atomic E-state index is -1.30. The Morgan fingerprint density at radius 3 is 1.98 bits per heavy atom. The average molecular weight is 549 g/mol. The summed E-state index contributed by atoms with van der Waals surface area (Å²) in [6.45, 7) is 0.144. The van der Waals surface area contributed by atoms with Crippen molar-refractivity contribution in [1.29, 1.82) is 0 Å². The van der Waals surface area contributed by atoms with E-state index in [1.807, 2.05) is 48.5 Å². The van der Waals surface area contributed by atoms with Gasteiger partial charge in [-0.25, -0.2) is 9.59 Å². The Labute approximate surface area is 232 Å². The van der Waals surface area contributed by atoms with Crippen molar-refractivity contribution in [3.63, 3.8) is 0 Å². The van der Waals surface area contributed by atoms with Gasteiger partial charge in [-0.15, -0.1) is 0 Å². The number of carboxylic acids is 1. The van der Waals surface area contributed by atoms with Gasteiger partial charge >= 0.3 is 12.1 Å². The number of aliphatic carboxylic acids is 1. The van der Waals surface area contributed by atoms with E-state index < -0.39 is 24.0 Å². The number of benzene rings is 3. The second-order valence-corrected chi connectivity index (χ2v) is 9.19. The molecular weight excluding hydrogens is 516 g/mol. The molecule has 0 fully saturated rings. The van der Waals surface area contributed by atoms with Crippen LogP contribution in [0, 0.1) is 0 Å². The fourth-order valence-corrected chi connectivity index (χ4v) is 4.84. The minimum absolute atomic E-state index is 0.0538.